The van der Waals surface area contributed by atoms with Crippen LogP contribution >= 0.6 is 0 Å². The summed E-state index contributed by atoms with van der Waals surface area (Å²) in [5.41, 5.74) is 0. The topological polar surface area (TPSA) is 80.7 Å². The predicted octanol–water partition coefficient (Wildman–Crippen LogP) is 0.421. The van der Waals surface area contributed by atoms with Gasteiger partial charge in [-0.25, -0.2) is 4.79 Å². The molecule has 0 heterocycles. The molecule has 0 fully saturated rings. The molecule has 72 valence electrons. The van der Waals surface area contributed by atoms with Gasteiger partial charge in [0.2, 0.25) is 0 Å². The first kappa shape index (κ1) is 13.4. The molecule has 0 saturated carbocycles. The van der Waals surface area contributed by atoms with Gasteiger partial charge in [-0.2, -0.15) is 8.42 Å². The Bertz CT molecular complexity index is 399. The van der Waals surface area contributed by atoms with Crippen LogP contribution in [-0.4, -0.2) is 49.2 Å². The van der Waals surface area contributed by atoms with E-state index in [-0.39, 0.29) is 34.5 Å². The van der Waals surface area contributed by atoms with E-state index >= 15 is 0 Å². The van der Waals surface area contributed by atoms with Crippen molar-refractivity contribution in [3.8, 4) is 0 Å². The Kier molecular flexibility index (Phi) is 5.14. The fourth-order valence-corrected chi connectivity index (χ4v) is 1.50. The summed E-state index contributed by atoms with van der Waals surface area (Å²) in [6.07, 6.45) is -1.84. The quantitative estimate of drug-likeness (QED) is 0.584. The van der Waals surface area contributed by atoms with Crippen LogP contribution in [0.4, 0.5) is 4.79 Å². The van der Waals surface area contributed by atoms with Gasteiger partial charge in [0.15, 0.2) is 0 Å². The fraction of sp³-hybridized carbons (Fsp3) is 0. The van der Waals surface area contributed by atoms with Crippen molar-refractivity contribution in [1.82, 2.24) is 0 Å². The predicted molar refractivity (Wildman–Crippen MR) is 49.9 cm³/mol. The van der Waals surface area contributed by atoms with Crippen LogP contribution in [0.2, 0.25) is 0 Å². The standard InChI is InChI=1S/C7H6O5S.Na.H/c8-7(9)12-13(10,11)6-4-2-1-3-5-6;;/h1-5H,(H,8,9);;. The molecule has 1 aromatic carbocycles. The average molecular weight is 226 g/mol. The van der Waals surface area contributed by atoms with E-state index in [2.05, 4.69) is 4.18 Å². The minimum absolute atomic E-state index is 0. The van der Waals surface area contributed by atoms with Gasteiger partial charge >= 0.3 is 45.8 Å². The van der Waals surface area contributed by atoms with Crippen molar-refractivity contribution in [2.45, 2.75) is 4.90 Å². The maximum atomic E-state index is 11.0. The normalized spacial score (nSPS) is 10.0. The summed E-state index contributed by atoms with van der Waals surface area (Å²) in [5, 5.41) is 8.11. The molecule has 14 heavy (non-hydrogen) atoms. The summed E-state index contributed by atoms with van der Waals surface area (Å²) in [6, 6.07) is 7.05. The van der Waals surface area contributed by atoms with Crippen LogP contribution in [0.3, 0.4) is 0 Å². The van der Waals surface area contributed by atoms with E-state index in [1.165, 1.54) is 24.3 Å². The van der Waals surface area contributed by atoms with Crippen LogP contribution in [0, 0.1) is 0 Å². The monoisotopic (exact) mass is 226 g/mol. The van der Waals surface area contributed by atoms with Crippen molar-refractivity contribution in [2.24, 2.45) is 0 Å². The van der Waals surface area contributed by atoms with Crippen LogP contribution in [0.25, 0.3) is 0 Å². The molecule has 0 aliphatic carbocycles. The number of carbonyl (C=O) groups is 1. The van der Waals surface area contributed by atoms with Crippen LogP contribution in [-0.2, 0) is 14.3 Å². The molecule has 5 nitrogen and oxygen atoms in total. The van der Waals surface area contributed by atoms with Crippen molar-refractivity contribution < 1.29 is 22.5 Å². The van der Waals surface area contributed by atoms with Gasteiger partial charge < -0.3 is 9.29 Å². The first-order chi connectivity index (χ1) is 6.02. The zero-order valence-corrected chi connectivity index (χ0v) is 7.19. The molecule has 1 rings (SSSR count). The van der Waals surface area contributed by atoms with Crippen molar-refractivity contribution in [3.05, 3.63) is 30.3 Å². The number of hydrogen-bond acceptors (Lipinski definition) is 4. The number of carboxylic acid groups (broad SMARTS) is 1. The molecule has 1 aromatic rings. The van der Waals surface area contributed by atoms with Crippen LogP contribution in [0.1, 0.15) is 0 Å². The second kappa shape index (κ2) is 5.35. The van der Waals surface area contributed by atoms with Gasteiger partial charge in [-0.3, -0.25) is 0 Å². The molecule has 1 N–H and O–H groups in total. The Balaban J connectivity index is 0.00000169. The van der Waals surface area contributed by atoms with Gasteiger partial charge in [-0.05, 0) is 12.1 Å². The molecule has 0 aliphatic rings. The van der Waals surface area contributed by atoms with Gasteiger partial charge in [0.05, 0.1) is 0 Å². The van der Waals surface area contributed by atoms with Crippen LogP contribution in [0.5, 0.6) is 0 Å². The summed E-state index contributed by atoms with van der Waals surface area (Å²) in [6.45, 7) is 0. The average Bonchev–Trinajstić information content (AvgIpc) is 2.04. The minimum atomic E-state index is -4.16. The molecule has 0 radical (unpaired) electrons. The van der Waals surface area contributed by atoms with E-state index < -0.39 is 16.3 Å². The molecule has 0 aliphatic heterocycles. The van der Waals surface area contributed by atoms with Crippen LogP contribution in [0.15, 0.2) is 35.2 Å². The molecule has 0 saturated heterocycles. The molecular weight excluding hydrogens is 219 g/mol. The van der Waals surface area contributed by atoms with Crippen LogP contribution < -0.4 is 0 Å². The third kappa shape index (κ3) is 3.67. The Labute approximate surface area is 103 Å². The van der Waals surface area contributed by atoms with Crippen molar-refractivity contribution in [3.63, 3.8) is 0 Å². The molecule has 7 heteroatoms. The molecule has 0 bridgehead atoms. The Morgan fingerprint density at radius 2 is 1.71 bits per heavy atom. The number of rotatable bonds is 2. The van der Waals surface area contributed by atoms with Crippen molar-refractivity contribution in [1.29, 1.82) is 0 Å². The summed E-state index contributed by atoms with van der Waals surface area (Å²) in [7, 11) is -4.16. The van der Waals surface area contributed by atoms with E-state index in [0.29, 0.717) is 0 Å². The number of hydrogen-bond donors (Lipinski definition) is 1. The zero-order valence-electron chi connectivity index (χ0n) is 6.38. The Morgan fingerprint density at radius 3 is 2.14 bits per heavy atom. The van der Waals surface area contributed by atoms with Gasteiger partial charge in [0.25, 0.3) is 0 Å². The summed E-state index contributed by atoms with van der Waals surface area (Å²) in [4.78, 5) is 9.80. The van der Waals surface area contributed by atoms with Gasteiger partial charge in [0, 0.05) is 0 Å². The Morgan fingerprint density at radius 1 is 1.21 bits per heavy atom. The van der Waals surface area contributed by atoms with Gasteiger partial charge in [0.1, 0.15) is 4.90 Å². The molecule has 0 spiro atoms. The van der Waals surface area contributed by atoms with E-state index in [4.69, 9.17) is 5.11 Å². The second-order valence-corrected chi connectivity index (χ2v) is 3.66. The molecule has 0 atom stereocenters. The summed E-state index contributed by atoms with van der Waals surface area (Å²) in [5.74, 6) is 0. The summed E-state index contributed by atoms with van der Waals surface area (Å²) >= 11 is 0. The fourth-order valence-electron chi connectivity index (χ4n) is 0.729. The third-order valence-electron chi connectivity index (χ3n) is 1.21. The van der Waals surface area contributed by atoms with Gasteiger partial charge in [-0.15, -0.1) is 0 Å². The first-order valence-electron chi connectivity index (χ1n) is 3.25. The maximum absolute atomic E-state index is 11.0. The molecular formula is C7H7NaO5S. The van der Waals surface area contributed by atoms with Gasteiger partial charge in [-0.1, -0.05) is 18.2 Å². The zero-order chi connectivity index (χ0) is 9.90. The SMILES string of the molecule is O=C(O)OS(=O)(=O)c1ccccc1.[NaH]. The van der Waals surface area contributed by atoms with Crippen molar-refractivity contribution >= 4 is 45.8 Å². The number of benzene rings is 1. The van der Waals surface area contributed by atoms with E-state index in [0.717, 1.165) is 0 Å². The Hall–Kier alpha value is -0.560. The molecule has 0 unspecified atom stereocenters. The second-order valence-electron chi connectivity index (χ2n) is 2.12. The third-order valence-corrected chi connectivity index (χ3v) is 2.42. The first-order valence-corrected chi connectivity index (χ1v) is 4.65. The van der Waals surface area contributed by atoms with E-state index in [9.17, 15) is 13.2 Å². The summed E-state index contributed by atoms with van der Waals surface area (Å²) < 4.78 is 25.8. The van der Waals surface area contributed by atoms with Crippen molar-refractivity contribution in [2.75, 3.05) is 0 Å². The van der Waals surface area contributed by atoms with E-state index in [1.54, 1.807) is 6.07 Å². The van der Waals surface area contributed by atoms with E-state index in [1.807, 2.05) is 0 Å². The molecule has 0 aromatic heterocycles. The molecule has 0 amide bonds.